The van der Waals surface area contributed by atoms with Gasteiger partial charge in [-0.05, 0) is 54.6 Å². The molecule has 0 spiro atoms. The molecule has 0 unspecified atom stereocenters. The second-order valence-corrected chi connectivity index (χ2v) is 10.1. The topological polar surface area (TPSA) is 95.6 Å². The molecule has 0 saturated carbocycles. The number of amides is 2. The summed E-state index contributed by atoms with van der Waals surface area (Å²) in [4.78, 5) is 25.4. The molecule has 2 rings (SSSR count). The highest BCUT2D eigenvalue weighted by atomic mass is 35.5. The standard InChI is InChI=1S/C21H26ClN3O4S2/c1-3-25(4-2)31(28,29)19-8-5-7-16(15-19)21(27)24-23-20(26)9-6-14-30-18-12-10-17(22)11-13-18/h5,7-8,10-13,15H,3-4,6,9,14H2,1-2H3,(H,23,26)(H,24,27). The van der Waals surface area contributed by atoms with Crippen LogP contribution in [-0.2, 0) is 14.8 Å². The largest absolute Gasteiger partial charge is 0.273 e. The number of halogens is 1. The SMILES string of the molecule is CCN(CC)S(=O)(=O)c1cccc(C(=O)NNC(=O)CCCSc2ccc(Cl)cc2)c1. The molecule has 7 nitrogen and oxygen atoms in total. The Hall–Kier alpha value is -2.07. The van der Waals surface area contributed by atoms with Crippen LogP contribution >= 0.6 is 23.4 Å². The van der Waals surface area contributed by atoms with Gasteiger partial charge in [0.05, 0.1) is 4.90 Å². The molecule has 0 aromatic heterocycles. The molecular formula is C21H26ClN3O4S2. The van der Waals surface area contributed by atoms with Gasteiger partial charge >= 0.3 is 0 Å². The average molecular weight is 484 g/mol. The third-order valence-electron chi connectivity index (χ3n) is 4.39. The molecule has 0 aliphatic heterocycles. The molecule has 0 aliphatic rings. The molecule has 0 heterocycles. The second-order valence-electron chi connectivity index (χ2n) is 6.53. The van der Waals surface area contributed by atoms with E-state index in [1.54, 1.807) is 25.6 Å². The minimum Gasteiger partial charge on any atom is -0.273 e. The molecule has 168 valence electrons. The number of nitrogens with zero attached hydrogens (tertiary/aromatic N) is 1. The Morgan fingerprint density at radius 1 is 1.03 bits per heavy atom. The van der Waals surface area contributed by atoms with Crippen LogP contribution in [0.15, 0.2) is 58.3 Å². The van der Waals surface area contributed by atoms with E-state index in [4.69, 9.17) is 11.6 Å². The van der Waals surface area contributed by atoms with E-state index in [1.165, 1.54) is 28.6 Å². The van der Waals surface area contributed by atoms with Crippen molar-refractivity contribution in [3.63, 3.8) is 0 Å². The van der Waals surface area contributed by atoms with Crippen molar-refractivity contribution < 1.29 is 18.0 Å². The summed E-state index contributed by atoms with van der Waals surface area (Å²) in [6.45, 7) is 4.17. The molecule has 2 amide bonds. The van der Waals surface area contributed by atoms with Crippen LogP contribution in [0.25, 0.3) is 0 Å². The lowest BCUT2D eigenvalue weighted by Crippen LogP contribution is -2.41. The maximum Gasteiger partial charge on any atom is 0.269 e. The van der Waals surface area contributed by atoms with Crippen LogP contribution in [0.3, 0.4) is 0 Å². The molecule has 0 saturated heterocycles. The Morgan fingerprint density at radius 3 is 2.35 bits per heavy atom. The molecule has 0 atom stereocenters. The summed E-state index contributed by atoms with van der Waals surface area (Å²) in [6.07, 6.45) is 0.879. The molecule has 2 aromatic rings. The lowest BCUT2D eigenvalue weighted by molar-refractivity contribution is -0.121. The van der Waals surface area contributed by atoms with Crippen LogP contribution in [0.5, 0.6) is 0 Å². The minimum atomic E-state index is -3.67. The first-order chi connectivity index (χ1) is 14.8. The second kappa shape index (κ2) is 12.1. The van der Waals surface area contributed by atoms with E-state index < -0.39 is 15.9 Å². The third kappa shape index (κ3) is 7.53. The number of benzene rings is 2. The first-order valence-corrected chi connectivity index (χ1v) is 12.7. The van der Waals surface area contributed by atoms with Crippen LogP contribution < -0.4 is 10.9 Å². The summed E-state index contributed by atoms with van der Waals surface area (Å²) < 4.78 is 26.5. The van der Waals surface area contributed by atoms with Gasteiger partial charge in [0.15, 0.2) is 0 Å². The number of sulfonamides is 1. The van der Waals surface area contributed by atoms with E-state index in [2.05, 4.69) is 10.9 Å². The predicted molar refractivity (Wildman–Crippen MR) is 124 cm³/mol. The molecule has 0 aliphatic carbocycles. The zero-order valence-electron chi connectivity index (χ0n) is 17.4. The predicted octanol–water partition coefficient (Wildman–Crippen LogP) is 3.70. The summed E-state index contributed by atoms with van der Waals surface area (Å²) >= 11 is 7.46. The lowest BCUT2D eigenvalue weighted by Gasteiger charge is -2.18. The molecule has 0 bridgehead atoms. The number of nitrogens with one attached hydrogen (secondary N) is 2. The molecular weight excluding hydrogens is 458 g/mol. The van der Waals surface area contributed by atoms with Crippen LogP contribution in [0.4, 0.5) is 0 Å². The van der Waals surface area contributed by atoms with Crippen molar-refractivity contribution >= 4 is 45.2 Å². The van der Waals surface area contributed by atoms with E-state index in [-0.39, 0.29) is 22.8 Å². The Morgan fingerprint density at radius 2 is 1.71 bits per heavy atom. The van der Waals surface area contributed by atoms with Crippen molar-refractivity contribution in [2.45, 2.75) is 36.5 Å². The summed E-state index contributed by atoms with van der Waals surface area (Å²) in [7, 11) is -3.67. The summed E-state index contributed by atoms with van der Waals surface area (Å²) in [5, 5.41) is 0.677. The summed E-state index contributed by atoms with van der Waals surface area (Å²) in [5.41, 5.74) is 4.84. The van der Waals surface area contributed by atoms with Crippen molar-refractivity contribution in [2.75, 3.05) is 18.8 Å². The zero-order valence-corrected chi connectivity index (χ0v) is 19.8. The highest BCUT2D eigenvalue weighted by Crippen LogP contribution is 2.21. The number of hydrogen-bond acceptors (Lipinski definition) is 5. The Labute approximate surface area is 192 Å². The van der Waals surface area contributed by atoms with Gasteiger partial charge in [-0.3, -0.25) is 20.4 Å². The first kappa shape index (κ1) is 25.2. The molecule has 2 N–H and O–H groups in total. The van der Waals surface area contributed by atoms with Crippen molar-refractivity contribution in [1.82, 2.24) is 15.2 Å². The van der Waals surface area contributed by atoms with Gasteiger partial charge < -0.3 is 0 Å². The fourth-order valence-corrected chi connectivity index (χ4v) is 5.21. The Balaban J connectivity index is 1.82. The fraction of sp³-hybridized carbons (Fsp3) is 0.333. The van der Waals surface area contributed by atoms with Crippen LogP contribution in [0.1, 0.15) is 37.0 Å². The highest BCUT2D eigenvalue weighted by molar-refractivity contribution is 7.99. The van der Waals surface area contributed by atoms with Gasteiger partial charge in [0.2, 0.25) is 15.9 Å². The number of hydrazine groups is 1. The van der Waals surface area contributed by atoms with E-state index in [0.29, 0.717) is 24.5 Å². The van der Waals surface area contributed by atoms with Crippen molar-refractivity contribution in [2.24, 2.45) is 0 Å². The number of carbonyl (C=O) groups is 2. The van der Waals surface area contributed by atoms with Gasteiger partial charge in [0.25, 0.3) is 5.91 Å². The van der Waals surface area contributed by atoms with E-state index in [0.717, 1.165) is 10.6 Å². The lowest BCUT2D eigenvalue weighted by atomic mass is 10.2. The van der Waals surface area contributed by atoms with Gasteiger partial charge in [0.1, 0.15) is 0 Å². The fourth-order valence-electron chi connectivity index (χ4n) is 2.73. The van der Waals surface area contributed by atoms with Crippen molar-refractivity contribution in [1.29, 1.82) is 0 Å². The Kier molecular flexibility index (Phi) is 9.83. The normalized spacial score (nSPS) is 11.4. The molecule has 10 heteroatoms. The molecule has 2 aromatic carbocycles. The molecule has 0 fully saturated rings. The number of hydrogen-bond donors (Lipinski definition) is 2. The summed E-state index contributed by atoms with van der Waals surface area (Å²) in [6, 6.07) is 13.2. The summed E-state index contributed by atoms with van der Waals surface area (Å²) in [5.74, 6) is -0.161. The molecule has 0 radical (unpaired) electrons. The Bertz CT molecular complexity index is 994. The molecule has 31 heavy (non-hydrogen) atoms. The maximum absolute atomic E-state index is 12.6. The minimum absolute atomic E-state index is 0.0365. The number of carbonyl (C=O) groups excluding carboxylic acids is 2. The third-order valence-corrected chi connectivity index (χ3v) is 7.78. The van der Waals surface area contributed by atoms with Gasteiger partial charge in [0, 0.05) is 35.0 Å². The van der Waals surface area contributed by atoms with Gasteiger partial charge in [-0.15, -0.1) is 11.8 Å². The monoisotopic (exact) mass is 483 g/mol. The van der Waals surface area contributed by atoms with E-state index in [1.807, 2.05) is 24.3 Å². The number of thioether (sulfide) groups is 1. The smallest absolute Gasteiger partial charge is 0.269 e. The zero-order chi connectivity index (χ0) is 22.9. The van der Waals surface area contributed by atoms with Gasteiger partial charge in [-0.1, -0.05) is 31.5 Å². The van der Waals surface area contributed by atoms with E-state index >= 15 is 0 Å². The van der Waals surface area contributed by atoms with Gasteiger partial charge in [-0.2, -0.15) is 4.31 Å². The van der Waals surface area contributed by atoms with Gasteiger partial charge in [-0.25, -0.2) is 8.42 Å². The van der Waals surface area contributed by atoms with Crippen LogP contribution in [0.2, 0.25) is 5.02 Å². The van der Waals surface area contributed by atoms with Crippen molar-refractivity contribution in [3.8, 4) is 0 Å². The first-order valence-electron chi connectivity index (χ1n) is 9.85. The number of rotatable bonds is 10. The highest BCUT2D eigenvalue weighted by Gasteiger charge is 2.22. The van der Waals surface area contributed by atoms with Crippen LogP contribution in [-0.4, -0.2) is 43.4 Å². The average Bonchev–Trinajstić information content (AvgIpc) is 2.77. The quantitative estimate of drug-likeness (QED) is 0.305. The van der Waals surface area contributed by atoms with Crippen LogP contribution in [0, 0.1) is 0 Å². The van der Waals surface area contributed by atoms with Crippen molar-refractivity contribution in [3.05, 3.63) is 59.1 Å². The maximum atomic E-state index is 12.6. The van der Waals surface area contributed by atoms with E-state index in [9.17, 15) is 18.0 Å².